The van der Waals surface area contributed by atoms with Crippen molar-refractivity contribution in [1.82, 2.24) is 0 Å². The fourth-order valence-corrected chi connectivity index (χ4v) is 2.58. The fraction of sp³-hybridized carbons (Fsp3) is 0.0714. The van der Waals surface area contributed by atoms with E-state index in [0.29, 0.717) is 27.2 Å². The van der Waals surface area contributed by atoms with Crippen LogP contribution in [0.5, 0.6) is 5.75 Å². The number of rotatable bonds is 3. The minimum atomic E-state index is -0.426. The molecule has 2 aromatic carbocycles. The van der Waals surface area contributed by atoms with Crippen LogP contribution < -0.4 is 15.4 Å². The average molecular weight is 390 g/mol. The van der Waals surface area contributed by atoms with E-state index in [1.807, 2.05) is 6.07 Å². The lowest BCUT2D eigenvalue weighted by atomic mass is 10.3. The number of urea groups is 1. The molecule has 0 saturated heterocycles. The smallest absolute Gasteiger partial charge is 0.323 e. The summed E-state index contributed by atoms with van der Waals surface area (Å²) in [6, 6.07) is 9.67. The summed E-state index contributed by atoms with van der Waals surface area (Å²) in [7, 11) is 1.53. The highest BCUT2D eigenvalue weighted by Crippen LogP contribution is 2.28. The van der Waals surface area contributed by atoms with Gasteiger partial charge in [-0.2, -0.15) is 0 Å². The SMILES string of the molecule is COc1ccc(Br)cc1NC(=O)Nc1cc(Cl)cc(Cl)c1. The average Bonchev–Trinajstić information content (AvgIpc) is 2.37. The van der Waals surface area contributed by atoms with E-state index in [0.717, 1.165) is 4.47 Å². The Hall–Kier alpha value is -1.43. The zero-order chi connectivity index (χ0) is 15.4. The third-order valence-electron chi connectivity index (χ3n) is 2.53. The van der Waals surface area contributed by atoms with Gasteiger partial charge in [-0.1, -0.05) is 39.1 Å². The summed E-state index contributed by atoms with van der Waals surface area (Å²) < 4.78 is 6.01. The maximum atomic E-state index is 12.0. The molecule has 0 fully saturated rings. The van der Waals surface area contributed by atoms with Crippen molar-refractivity contribution in [2.75, 3.05) is 17.7 Å². The number of carbonyl (C=O) groups is 1. The highest BCUT2D eigenvalue weighted by atomic mass is 79.9. The molecule has 0 atom stereocenters. The van der Waals surface area contributed by atoms with Crippen LogP contribution in [0, 0.1) is 0 Å². The molecule has 0 heterocycles. The maximum absolute atomic E-state index is 12.0. The highest BCUT2D eigenvalue weighted by molar-refractivity contribution is 9.10. The van der Waals surface area contributed by atoms with Crippen molar-refractivity contribution >= 4 is 56.5 Å². The molecule has 0 spiro atoms. The van der Waals surface area contributed by atoms with Crippen LogP contribution in [0.2, 0.25) is 10.0 Å². The predicted molar refractivity (Wildman–Crippen MR) is 89.8 cm³/mol. The van der Waals surface area contributed by atoms with Crippen LogP contribution >= 0.6 is 39.1 Å². The minimum Gasteiger partial charge on any atom is -0.495 e. The Morgan fingerprint density at radius 3 is 2.38 bits per heavy atom. The second-order valence-corrected chi connectivity index (χ2v) is 5.87. The third-order valence-corrected chi connectivity index (χ3v) is 3.46. The molecule has 0 bridgehead atoms. The zero-order valence-corrected chi connectivity index (χ0v) is 14.0. The topological polar surface area (TPSA) is 50.4 Å². The van der Waals surface area contributed by atoms with Crippen LogP contribution in [-0.2, 0) is 0 Å². The first-order valence-electron chi connectivity index (χ1n) is 5.85. The van der Waals surface area contributed by atoms with E-state index in [2.05, 4.69) is 26.6 Å². The Kier molecular flexibility index (Phi) is 5.33. The number of hydrogen-bond donors (Lipinski definition) is 2. The van der Waals surface area contributed by atoms with Crippen molar-refractivity contribution in [1.29, 1.82) is 0 Å². The predicted octanol–water partition coefficient (Wildman–Crippen LogP) is 5.41. The summed E-state index contributed by atoms with van der Waals surface area (Å²) >= 11 is 15.1. The summed E-state index contributed by atoms with van der Waals surface area (Å²) in [5, 5.41) is 6.24. The van der Waals surface area contributed by atoms with Crippen molar-refractivity contribution in [3.05, 3.63) is 50.9 Å². The molecule has 7 heteroatoms. The number of amides is 2. The number of halogens is 3. The van der Waals surface area contributed by atoms with Gasteiger partial charge in [0, 0.05) is 20.2 Å². The molecule has 110 valence electrons. The monoisotopic (exact) mass is 388 g/mol. The van der Waals surface area contributed by atoms with Gasteiger partial charge >= 0.3 is 6.03 Å². The molecule has 0 unspecified atom stereocenters. The van der Waals surface area contributed by atoms with E-state index < -0.39 is 6.03 Å². The number of hydrogen-bond acceptors (Lipinski definition) is 2. The van der Waals surface area contributed by atoms with Gasteiger partial charge < -0.3 is 15.4 Å². The van der Waals surface area contributed by atoms with E-state index in [9.17, 15) is 4.79 Å². The molecule has 21 heavy (non-hydrogen) atoms. The van der Waals surface area contributed by atoms with Crippen molar-refractivity contribution < 1.29 is 9.53 Å². The van der Waals surface area contributed by atoms with Gasteiger partial charge in [-0.3, -0.25) is 0 Å². The molecule has 2 amide bonds. The second kappa shape index (κ2) is 7.02. The normalized spacial score (nSPS) is 10.1. The van der Waals surface area contributed by atoms with Gasteiger partial charge in [0.25, 0.3) is 0 Å². The van der Waals surface area contributed by atoms with Crippen molar-refractivity contribution in [2.45, 2.75) is 0 Å². The van der Waals surface area contributed by atoms with Gasteiger partial charge in [0.2, 0.25) is 0 Å². The Balaban J connectivity index is 2.13. The molecule has 2 rings (SSSR count). The van der Waals surface area contributed by atoms with Crippen LogP contribution in [0.4, 0.5) is 16.2 Å². The maximum Gasteiger partial charge on any atom is 0.323 e. The first-order valence-corrected chi connectivity index (χ1v) is 7.40. The quantitative estimate of drug-likeness (QED) is 0.737. The van der Waals surface area contributed by atoms with Crippen LogP contribution in [0.3, 0.4) is 0 Å². The number of methoxy groups -OCH3 is 1. The van der Waals surface area contributed by atoms with Crippen molar-refractivity contribution in [3.8, 4) is 5.75 Å². The Morgan fingerprint density at radius 1 is 1.10 bits per heavy atom. The van der Waals surface area contributed by atoms with E-state index in [1.165, 1.54) is 7.11 Å². The number of anilines is 2. The van der Waals surface area contributed by atoms with E-state index >= 15 is 0 Å². The Labute approximate surface area is 140 Å². The molecular formula is C14H11BrCl2N2O2. The minimum absolute atomic E-state index is 0.426. The third kappa shape index (κ3) is 4.52. The lowest BCUT2D eigenvalue weighted by molar-refractivity contribution is 0.262. The van der Waals surface area contributed by atoms with E-state index in [4.69, 9.17) is 27.9 Å². The van der Waals surface area contributed by atoms with Gasteiger partial charge in [-0.05, 0) is 36.4 Å². The molecule has 0 radical (unpaired) electrons. The van der Waals surface area contributed by atoms with Gasteiger partial charge in [-0.25, -0.2) is 4.79 Å². The molecule has 4 nitrogen and oxygen atoms in total. The highest BCUT2D eigenvalue weighted by Gasteiger charge is 2.09. The van der Waals surface area contributed by atoms with Crippen molar-refractivity contribution in [2.24, 2.45) is 0 Å². The van der Waals surface area contributed by atoms with Gasteiger partial charge in [-0.15, -0.1) is 0 Å². The lowest BCUT2D eigenvalue weighted by Crippen LogP contribution is -2.19. The Bertz CT molecular complexity index is 660. The van der Waals surface area contributed by atoms with Gasteiger partial charge in [0.05, 0.1) is 12.8 Å². The van der Waals surface area contributed by atoms with Crippen LogP contribution in [0.15, 0.2) is 40.9 Å². The number of benzene rings is 2. The molecule has 0 aliphatic rings. The van der Waals surface area contributed by atoms with Crippen molar-refractivity contribution in [3.63, 3.8) is 0 Å². The summed E-state index contributed by atoms with van der Waals surface area (Å²) in [6.07, 6.45) is 0. The number of carbonyl (C=O) groups excluding carboxylic acids is 1. The number of nitrogens with one attached hydrogen (secondary N) is 2. The largest absolute Gasteiger partial charge is 0.495 e. The van der Waals surface area contributed by atoms with Gasteiger partial charge in [0.1, 0.15) is 5.75 Å². The summed E-state index contributed by atoms with van der Waals surface area (Å²) in [4.78, 5) is 12.0. The molecule has 2 N–H and O–H groups in total. The lowest BCUT2D eigenvalue weighted by Gasteiger charge is -2.12. The standard InChI is InChI=1S/C14H11BrCl2N2O2/c1-21-13-3-2-8(15)4-12(13)19-14(20)18-11-6-9(16)5-10(17)7-11/h2-7H,1H3,(H2,18,19,20). The first-order chi connectivity index (χ1) is 9.97. The van der Waals surface area contributed by atoms with Gasteiger partial charge in [0.15, 0.2) is 0 Å². The van der Waals surface area contributed by atoms with Crippen LogP contribution in [-0.4, -0.2) is 13.1 Å². The summed E-state index contributed by atoms with van der Waals surface area (Å²) in [6.45, 7) is 0. The number of ether oxygens (including phenoxy) is 1. The van der Waals surface area contributed by atoms with Crippen LogP contribution in [0.25, 0.3) is 0 Å². The second-order valence-electron chi connectivity index (χ2n) is 4.08. The molecule has 0 saturated carbocycles. The summed E-state index contributed by atoms with van der Waals surface area (Å²) in [5.41, 5.74) is 1.04. The first kappa shape index (κ1) is 15.9. The Morgan fingerprint density at radius 2 is 1.76 bits per heavy atom. The van der Waals surface area contributed by atoms with E-state index in [1.54, 1.807) is 30.3 Å². The molecule has 0 aliphatic carbocycles. The molecule has 2 aromatic rings. The molecule has 0 aromatic heterocycles. The van der Waals surface area contributed by atoms with E-state index in [-0.39, 0.29) is 0 Å². The fourth-order valence-electron chi connectivity index (χ4n) is 1.69. The summed E-state index contributed by atoms with van der Waals surface area (Å²) in [5.74, 6) is 0.553. The molecular weight excluding hydrogens is 379 g/mol. The van der Waals surface area contributed by atoms with Crippen LogP contribution in [0.1, 0.15) is 0 Å². The molecule has 0 aliphatic heterocycles. The zero-order valence-electron chi connectivity index (χ0n) is 10.9.